The van der Waals surface area contributed by atoms with E-state index in [2.05, 4.69) is 0 Å². The molecule has 1 aromatic carbocycles. The van der Waals surface area contributed by atoms with Crippen LogP contribution in [0.5, 0.6) is 0 Å². The minimum Gasteiger partial charge on any atom is -0.350 e. The Hall–Kier alpha value is -2.34. The van der Waals surface area contributed by atoms with Crippen molar-refractivity contribution in [1.29, 1.82) is 0 Å². The molecule has 6 heteroatoms. The maximum atomic E-state index is 11.8. The van der Waals surface area contributed by atoms with E-state index >= 15 is 0 Å². The first kappa shape index (κ1) is 13.1. The molecule has 0 saturated carbocycles. The summed E-state index contributed by atoms with van der Waals surface area (Å²) in [6.07, 6.45) is 0. The number of hydrogen-bond acceptors (Lipinski definition) is 3. The number of hydrogen-bond donors (Lipinski definition) is 2. The summed E-state index contributed by atoms with van der Waals surface area (Å²) in [6.45, 7) is 3.02. The number of para-hydroxylation sites is 1. The van der Waals surface area contributed by atoms with Gasteiger partial charge in [-0.05, 0) is 19.1 Å². The number of benzene rings is 1. The molecule has 19 heavy (non-hydrogen) atoms. The zero-order valence-corrected chi connectivity index (χ0v) is 10.7. The van der Waals surface area contributed by atoms with Crippen molar-refractivity contribution in [1.82, 2.24) is 9.63 Å². The van der Waals surface area contributed by atoms with E-state index in [1.165, 1.54) is 11.5 Å². The maximum Gasteiger partial charge on any atom is 0.339 e. The summed E-state index contributed by atoms with van der Waals surface area (Å²) in [5, 5.41) is 10.9. The number of carbonyl (C=O) groups excluding carboxylic acids is 2. The van der Waals surface area contributed by atoms with Gasteiger partial charge in [-0.2, -0.15) is 5.06 Å². The van der Waals surface area contributed by atoms with Crippen LogP contribution in [0.15, 0.2) is 30.3 Å². The van der Waals surface area contributed by atoms with Crippen LogP contribution in [0.2, 0.25) is 0 Å². The van der Waals surface area contributed by atoms with Crippen LogP contribution < -0.4 is 5.73 Å². The second-order valence-electron chi connectivity index (χ2n) is 4.34. The summed E-state index contributed by atoms with van der Waals surface area (Å²) < 4.78 is 1.46. The average Bonchev–Trinajstić information content (AvgIpc) is 2.75. The molecular formula is C13H15N3O3. The molecule has 2 aromatic rings. The fourth-order valence-electron chi connectivity index (χ4n) is 2.15. The van der Waals surface area contributed by atoms with Gasteiger partial charge in [0.15, 0.2) is 0 Å². The van der Waals surface area contributed by atoms with Gasteiger partial charge in [0.25, 0.3) is 0 Å². The van der Waals surface area contributed by atoms with Crippen molar-refractivity contribution in [2.24, 2.45) is 5.73 Å². The summed E-state index contributed by atoms with van der Waals surface area (Å²) in [6, 6.07) is 7.41. The van der Waals surface area contributed by atoms with Crippen LogP contribution in [0.1, 0.15) is 30.4 Å². The Morgan fingerprint density at radius 3 is 2.58 bits per heavy atom. The first-order chi connectivity index (χ1) is 8.93. The first-order valence-corrected chi connectivity index (χ1v) is 5.82. The van der Waals surface area contributed by atoms with Gasteiger partial charge in [0.1, 0.15) is 0 Å². The van der Waals surface area contributed by atoms with Crippen LogP contribution in [0.4, 0.5) is 4.79 Å². The number of carbonyl (C=O) groups is 2. The molecule has 1 unspecified atom stereocenters. The molecule has 1 heterocycles. The van der Waals surface area contributed by atoms with Gasteiger partial charge in [-0.3, -0.25) is 14.6 Å². The van der Waals surface area contributed by atoms with Gasteiger partial charge in [0, 0.05) is 12.3 Å². The molecule has 0 radical (unpaired) electrons. The monoisotopic (exact) mass is 261 g/mol. The topological polar surface area (TPSA) is 88.6 Å². The summed E-state index contributed by atoms with van der Waals surface area (Å²) in [7, 11) is 0. The third-order valence-electron chi connectivity index (χ3n) is 3.07. The molecule has 6 nitrogen and oxygen atoms in total. The second kappa shape index (κ2) is 4.74. The standard InChI is InChI=1S/C13H15N3O3/c1-8(16(19)13(14)18)12-7-10-5-3-4-6-11(10)15(12)9(2)17/h3-8,19H,1-2H3,(H2,14,18). The van der Waals surface area contributed by atoms with E-state index in [-0.39, 0.29) is 5.91 Å². The number of nitrogens with zero attached hydrogens (tertiary/aromatic N) is 2. The van der Waals surface area contributed by atoms with Crippen LogP contribution in [0, 0.1) is 0 Å². The highest BCUT2D eigenvalue weighted by molar-refractivity contribution is 5.93. The van der Waals surface area contributed by atoms with Gasteiger partial charge in [-0.15, -0.1) is 0 Å². The number of aromatic nitrogens is 1. The Labute approximate surface area is 110 Å². The molecule has 100 valence electrons. The lowest BCUT2D eigenvalue weighted by Gasteiger charge is -2.21. The van der Waals surface area contributed by atoms with E-state index in [0.717, 1.165) is 10.9 Å². The molecule has 0 aliphatic heterocycles. The maximum absolute atomic E-state index is 11.8. The number of urea groups is 1. The third-order valence-corrected chi connectivity index (χ3v) is 3.07. The number of nitrogens with two attached hydrogens (primary N) is 1. The number of amides is 2. The first-order valence-electron chi connectivity index (χ1n) is 5.82. The van der Waals surface area contributed by atoms with E-state index in [9.17, 15) is 14.8 Å². The highest BCUT2D eigenvalue weighted by atomic mass is 16.5. The smallest absolute Gasteiger partial charge is 0.339 e. The lowest BCUT2D eigenvalue weighted by Crippen LogP contribution is -2.36. The van der Waals surface area contributed by atoms with E-state index in [0.29, 0.717) is 10.8 Å². The zero-order chi connectivity index (χ0) is 14.2. The van der Waals surface area contributed by atoms with Crippen molar-refractivity contribution in [2.75, 3.05) is 0 Å². The highest BCUT2D eigenvalue weighted by Crippen LogP contribution is 2.26. The van der Waals surface area contributed by atoms with E-state index < -0.39 is 12.1 Å². The molecule has 1 aromatic heterocycles. The van der Waals surface area contributed by atoms with E-state index in [4.69, 9.17) is 5.73 Å². The summed E-state index contributed by atoms with van der Waals surface area (Å²) >= 11 is 0. The van der Waals surface area contributed by atoms with Crippen LogP contribution in [-0.2, 0) is 0 Å². The SMILES string of the molecule is CC(=O)n1c(C(C)N(O)C(N)=O)cc2ccccc21. The Balaban J connectivity index is 2.62. The molecule has 2 rings (SSSR count). The number of primary amides is 1. The van der Waals surface area contributed by atoms with Crippen LogP contribution >= 0.6 is 0 Å². The lowest BCUT2D eigenvalue weighted by atomic mass is 10.2. The Kier molecular flexibility index (Phi) is 3.26. The largest absolute Gasteiger partial charge is 0.350 e. The summed E-state index contributed by atoms with van der Waals surface area (Å²) in [5.41, 5.74) is 6.28. The quantitative estimate of drug-likeness (QED) is 0.641. The predicted molar refractivity (Wildman–Crippen MR) is 69.9 cm³/mol. The zero-order valence-electron chi connectivity index (χ0n) is 10.7. The molecule has 3 N–H and O–H groups in total. The number of fused-ring (bicyclic) bond motifs is 1. The van der Waals surface area contributed by atoms with Crippen molar-refractivity contribution in [3.63, 3.8) is 0 Å². The van der Waals surface area contributed by atoms with E-state index in [1.54, 1.807) is 19.1 Å². The van der Waals surface area contributed by atoms with Crippen molar-refractivity contribution < 1.29 is 14.8 Å². The lowest BCUT2D eigenvalue weighted by molar-refractivity contribution is -0.0725. The van der Waals surface area contributed by atoms with Gasteiger partial charge in [0.2, 0.25) is 5.91 Å². The molecule has 0 aliphatic carbocycles. The Morgan fingerprint density at radius 1 is 1.37 bits per heavy atom. The minimum absolute atomic E-state index is 0.194. The molecule has 0 spiro atoms. The minimum atomic E-state index is -0.965. The summed E-state index contributed by atoms with van der Waals surface area (Å²) in [4.78, 5) is 22.8. The average molecular weight is 261 g/mol. The molecule has 0 fully saturated rings. The normalized spacial score (nSPS) is 12.4. The van der Waals surface area contributed by atoms with Crippen molar-refractivity contribution in [3.05, 3.63) is 36.0 Å². The molecule has 2 amide bonds. The molecule has 0 saturated heterocycles. The van der Waals surface area contributed by atoms with Crippen LogP contribution in [-0.4, -0.2) is 26.8 Å². The molecule has 0 bridgehead atoms. The summed E-state index contributed by atoms with van der Waals surface area (Å²) in [5.74, 6) is -0.194. The van der Waals surface area contributed by atoms with Gasteiger partial charge in [-0.25, -0.2) is 4.79 Å². The highest BCUT2D eigenvalue weighted by Gasteiger charge is 2.23. The molecular weight excluding hydrogens is 246 g/mol. The van der Waals surface area contributed by atoms with Gasteiger partial charge >= 0.3 is 6.03 Å². The fourth-order valence-corrected chi connectivity index (χ4v) is 2.15. The molecule has 0 aliphatic rings. The number of hydroxylamine groups is 2. The van der Waals surface area contributed by atoms with Crippen molar-refractivity contribution in [3.8, 4) is 0 Å². The Morgan fingerprint density at radius 2 is 2.00 bits per heavy atom. The van der Waals surface area contributed by atoms with Crippen molar-refractivity contribution >= 4 is 22.8 Å². The van der Waals surface area contributed by atoms with Crippen LogP contribution in [0.25, 0.3) is 10.9 Å². The van der Waals surface area contributed by atoms with Gasteiger partial charge in [0.05, 0.1) is 17.3 Å². The Bertz CT molecular complexity index is 648. The van der Waals surface area contributed by atoms with Gasteiger partial charge in [-0.1, -0.05) is 18.2 Å². The van der Waals surface area contributed by atoms with E-state index in [1.807, 2.05) is 18.2 Å². The predicted octanol–water partition coefficient (Wildman–Crippen LogP) is 2.13. The number of rotatable bonds is 2. The van der Waals surface area contributed by atoms with Gasteiger partial charge < -0.3 is 5.73 Å². The third kappa shape index (κ3) is 2.17. The molecule has 1 atom stereocenters. The fraction of sp³-hybridized carbons (Fsp3) is 0.231. The van der Waals surface area contributed by atoms with Crippen LogP contribution in [0.3, 0.4) is 0 Å². The second-order valence-corrected chi connectivity index (χ2v) is 4.34. The van der Waals surface area contributed by atoms with Crippen molar-refractivity contribution in [2.45, 2.75) is 19.9 Å².